The molecule has 0 spiro atoms. The van der Waals surface area contributed by atoms with Crippen LogP contribution < -0.4 is 5.32 Å². The van der Waals surface area contributed by atoms with Crippen molar-refractivity contribution >= 4 is 0 Å². The summed E-state index contributed by atoms with van der Waals surface area (Å²) in [6, 6.07) is 0.722. The van der Waals surface area contributed by atoms with Crippen molar-refractivity contribution in [3.05, 3.63) is 12.7 Å². The van der Waals surface area contributed by atoms with Crippen LogP contribution in [0.1, 0.15) is 12.8 Å². The Hall–Kier alpha value is -0.340. The Morgan fingerprint density at radius 2 is 2.55 bits per heavy atom. The first-order valence-corrected chi connectivity index (χ1v) is 4.35. The number of rotatable bonds is 4. The second-order valence-corrected chi connectivity index (χ2v) is 3.30. The minimum Gasteiger partial charge on any atom is -0.313 e. The summed E-state index contributed by atoms with van der Waals surface area (Å²) in [7, 11) is 2.14. The molecule has 11 heavy (non-hydrogen) atoms. The molecule has 2 nitrogen and oxygen atoms in total. The molecule has 0 aromatic heterocycles. The average Bonchev–Trinajstić information content (AvgIpc) is 2.40. The Labute approximate surface area is 69.3 Å². The van der Waals surface area contributed by atoms with Gasteiger partial charge in [-0.25, -0.2) is 0 Å². The third-order valence-electron chi connectivity index (χ3n) is 2.14. The Morgan fingerprint density at radius 1 is 1.73 bits per heavy atom. The van der Waals surface area contributed by atoms with Crippen molar-refractivity contribution in [1.82, 2.24) is 10.2 Å². The predicted octanol–water partition coefficient (Wildman–Crippen LogP) is 0.856. The molecule has 0 radical (unpaired) electrons. The highest BCUT2D eigenvalue weighted by molar-refractivity contribution is 4.79. The van der Waals surface area contributed by atoms with Gasteiger partial charge in [0.15, 0.2) is 0 Å². The van der Waals surface area contributed by atoms with Crippen molar-refractivity contribution in [2.45, 2.75) is 18.9 Å². The zero-order valence-corrected chi connectivity index (χ0v) is 7.34. The van der Waals surface area contributed by atoms with Crippen LogP contribution in [-0.2, 0) is 0 Å². The fourth-order valence-electron chi connectivity index (χ4n) is 1.58. The molecule has 1 atom stereocenters. The standard InChI is InChI=1S/C9H18N2/c1-3-7-11(2)8-9-5-4-6-10-9/h3,9-10H,1,4-8H2,2H3. The van der Waals surface area contributed by atoms with Crippen molar-refractivity contribution in [3.63, 3.8) is 0 Å². The van der Waals surface area contributed by atoms with Crippen molar-refractivity contribution in [2.24, 2.45) is 0 Å². The largest absolute Gasteiger partial charge is 0.313 e. The van der Waals surface area contributed by atoms with Crippen molar-refractivity contribution in [1.29, 1.82) is 0 Å². The summed E-state index contributed by atoms with van der Waals surface area (Å²) >= 11 is 0. The van der Waals surface area contributed by atoms with E-state index in [1.165, 1.54) is 19.4 Å². The monoisotopic (exact) mass is 154 g/mol. The van der Waals surface area contributed by atoms with Gasteiger partial charge in [0.25, 0.3) is 0 Å². The van der Waals surface area contributed by atoms with Gasteiger partial charge >= 0.3 is 0 Å². The summed E-state index contributed by atoms with van der Waals surface area (Å²) in [4.78, 5) is 2.30. The summed E-state index contributed by atoms with van der Waals surface area (Å²) in [6.45, 7) is 7.07. The highest BCUT2D eigenvalue weighted by Gasteiger charge is 2.14. The van der Waals surface area contributed by atoms with Gasteiger partial charge in [-0.15, -0.1) is 6.58 Å². The van der Waals surface area contributed by atoms with Gasteiger partial charge in [-0.2, -0.15) is 0 Å². The third kappa shape index (κ3) is 3.04. The molecule has 1 aliphatic rings. The zero-order valence-electron chi connectivity index (χ0n) is 7.34. The van der Waals surface area contributed by atoms with E-state index in [9.17, 15) is 0 Å². The van der Waals surface area contributed by atoms with Crippen LogP contribution in [0.4, 0.5) is 0 Å². The second kappa shape index (κ2) is 4.52. The Balaban J connectivity index is 2.12. The van der Waals surface area contributed by atoms with Gasteiger partial charge in [0.05, 0.1) is 0 Å². The number of hydrogen-bond donors (Lipinski definition) is 1. The van der Waals surface area contributed by atoms with E-state index in [-0.39, 0.29) is 0 Å². The molecule has 0 aromatic rings. The molecule has 0 aliphatic carbocycles. The molecule has 64 valence electrons. The molecule has 1 unspecified atom stereocenters. The molecule has 1 aliphatic heterocycles. The molecule has 1 fully saturated rings. The van der Waals surface area contributed by atoms with E-state index in [2.05, 4.69) is 23.8 Å². The maximum absolute atomic E-state index is 3.71. The first-order valence-electron chi connectivity index (χ1n) is 4.35. The molecule has 1 heterocycles. The van der Waals surface area contributed by atoms with E-state index in [1.54, 1.807) is 0 Å². The van der Waals surface area contributed by atoms with E-state index in [0.717, 1.165) is 19.1 Å². The van der Waals surface area contributed by atoms with E-state index in [4.69, 9.17) is 0 Å². The summed E-state index contributed by atoms with van der Waals surface area (Å²) in [5.74, 6) is 0. The molecule has 2 heteroatoms. The van der Waals surface area contributed by atoms with Gasteiger partial charge in [-0.05, 0) is 26.4 Å². The van der Waals surface area contributed by atoms with E-state index < -0.39 is 0 Å². The van der Waals surface area contributed by atoms with Crippen molar-refractivity contribution in [3.8, 4) is 0 Å². The maximum Gasteiger partial charge on any atom is 0.0195 e. The van der Waals surface area contributed by atoms with E-state index >= 15 is 0 Å². The lowest BCUT2D eigenvalue weighted by Gasteiger charge is -2.18. The number of hydrogen-bond acceptors (Lipinski definition) is 2. The molecule has 0 aromatic carbocycles. The van der Waals surface area contributed by atoms with Gasteiger partial charge in [0.2, 0.25) is 0 Å². The first kappa shape index (κ1) is 8.75. The Bertz CT molecular complexity index is 117. The fourth-order valence-corrected chi connectivity index (χ4v) is 1.58. The fraction of sp³-hybridized carbons (Fsp3) is 0.778. The number of likely N-dealkylation sites (N-methyl/N-ethyl adjacent to an activating group) is 1. The van der Waals surface area contributed by atoms with E-state index in [1.807, 2.05) is 6.08 Å². The molecule has 0 amide bonds. The van der Waals surface area contributed by atoms with Crippen molar-refractivity contribution in [2.75, 3.05) is 26.7 Å². The smallest absolute Gasteiger partial charge is 0.0195 e. The van der Waals surface area contributed by atoms with Crippen LogP contribution in [0.15, 0.2) is 12.7 Å². The Kier molecular flexibility index (Phi) is 3.60. The molecule has 0 bridgehead atoms. The molecular formula is C9H18N2. The van der Waals surface area contributed by atoms with E-state index in [0.29, 0.717) is 0 Å². The molecule has 1 rings (SSSR count). The van der Waals surface area contributed by atoms with Gasteiger partial charge in [0.1, 0.15) is 0 Å². The Morgan fingerprint density at radius 3 is 3.09 bits per heavy atom. The van der Waals surface area contributed by atoms with Crippen LogP contribution in [0.25, 0.3) is 0 Å². The van der Waals surface area contributed by atoms with Gasteiger partial charge < -0.3 is 10.2 Å². The van der Waals surface area contributed by atoms with Crippen LogP contribution >= 0.6 is 0 Å². The number of nitrogens with one attached hydrogen (secondary N) is 1. The highest BCUT2D eigenvalue weighted by Crippen LogP contribution is 2.05. The van der Waals surface area contributed by atoms with Crippen LogP contribution in [-0.4, -0.2) is 37.6 Å². The lowest BCUT2D eigenvalue weighted by molar-refractivity contribution is 0.328. The first-order chi connectivity index (χ1) is 5.33. The normalized spacial score (nSPS) is 24.4. The topological polar surface area (TPSA) is 15.3 Å². The average molecular weight is 154 g/mol. The quantitative estimate of drug-likeness (QED) is 0.604. The van der Waals surface area contributed by atoms with Crippen LogP contribution in [0.3, 0.4) is 0 Å². The predicted molar refractivity (Wildman–Crippen MR) is 48.7 cm³/mol. The van der Waals surface area contributed by atoms with Crippen LogP contribution in [0, 0.1) is 0 Å². The lowest BCUT2D eigenvalue weighted by Crippen LogP contribution is -2.35. The minimum atomic E-state index is 0.722. The zero-order chi connectivity index (χ0) is 8.10. The summed E-state index contributed by atoms with van der Waals surface area (Å²) in [5.41, 5.74) is 0. The van der Waals surface area contributed by atoms with Gasteiger partial charge in [-0.3, -0.25) is 0 Å². The summed E-state index contributed by atoms with van der Waals surface area (Å²) < 4.78 is 0. The van der Waals surface area contributed by atoms with Crippen LogP contribution in [0.5, 0.6) is 0 Å². The third-order valence-corrected chi connectivity index (χ3v) is 2.14. The maximum atomic E-state index is 3.71. The molecule has 0 saturated carbocycles. The van der Waals surface area contributed by atoms with Gasteiger partial charge in [0, 0.05) is 19.1 Å². The SMILES string of the molecule is C=CCN(C)CC1CCCN1. The minimum absolute atomic E-state index is 0.722. The highest BCUT2D eigenvalue weighted by atomic mass is 15.1. The summed E-state index contributed by atoms with van der Waals surface area (Å²) in [5, 5.41) is 3.47. The molecule has 1 N–H and O–H groups in total. The molecular weight excluding hydrogens is 136 g/mol. The second-order valence-electron chi connectivity index (χ2n) is 3.30. The van der Waals surface area contributed by atoms with Gasteiger partial charge in [-0.1, -0.05) is 6.08 Å². The number of nitrogens with zero attached hydrogens (tertiary/aromatic N) is 1. The van der Waals surface area contributed by atoms with Crippen molar-refractivity contribution < 1.29 is 0 Å². The summed E-state index contributed by atoms with van der Waals surface area (Å²) in [6.07, 6.45) is 4.63. The lowest BCUT2D eigenvalue weighted by atomic mass is 10.2. The molecule has 1 saturated heterocycles. The van der Waals surface area contributed by atoms with Crippen LogP contribution in [0.2, 0.25) is 0 Å².